The number of unbranched alkanes of at least 4 members (excludes halogenated alkanes) is 9. The number of carbonyl (C=O) groups is 2. The molecule has 0 amide bonds. The third-order valence-electron chi connectivity index (χ3n) is 6.87. The zero-order valence-electron chi connectivity index (χ0n) is 17.1. The number of Topliss-reactive ketones (excluding diaryl/α,β-unsaturated/α-hetero) is 1. The van der Waals surface area contributed by atoms with Crippen molar-refractivity contribution in [1.29, 1.82) is 0 Å². The summed E-state index contributed by atoms with van der Waals surface area (Å²) in [5.41, 5.74) is -0.322. The lowest BCUT2D eigenvalue weighted by Crippen LogP contribution is -2.16. The number of carbonyl (C=O) groups excluding carboxylic acids is 1. The molecule has 156 valence electrons. The van der Waals surface area contributed by atoms with Crippen molar-refractivity contribution in [2.45, 2.75) is 116 Å². The molecule has 0 atom stereocenters. The van der Waals surface area contributed by atoms with E-state index >= 15 is 0 Å². The minimum Gasteiger partial charge on any atom is -0.481 e. The van der Waals surface area contributed by atoms with Crippen molar-refractivity contribution in [1.82, 2.24) is 0 Å². The van der Waals surface area contributed by atoms with Gasteiger partial charge in [0.05, 0.1) is 5.41 Å². The quantitative estimate of drug-likeness (QED) is 0.301. The van der Waals surface area contributed by atoms with E-state index in [0.717, 1.165) is 44.9 Å². The van der Waals surface area contributed by atoms with E-state index in [2.05, 4.69) is 0 Å². The van der Waals surface area contributed by atoms with Crippen molar-refractivity contribution in [3.63, 3.8) is 0 Å². The highest BCUT2D eigenvalue weighted by atomic mass is 16.4. The molecule has 0 spiro atoms. The van der Waals surface area contributed by atoms with Gasteiger partial charge in [0.15, 0.2) is 0 Å². The van der Waals surface area contributed by atoms with Gasteiger partial charge in [-0.05, 0) is 44.9 Å². The van der Waals surface area contributed by atoms with Crippen LogP contribution in [0.25, 0.3) is 0 Å². The number of aliphatic carboxylic acids is 1. The Morgan fingerprint density at radius 1 is 0.630 bits per heavy atom. The number of aliphatic hydroxyl groups is 1. The molecule has 4 nitrogen and oxygen atoms in total. The molecule has 27 heavy (non-hydrogen) atoms. The second-order valence-electron chi connectivity index (χ2n) is 9.15. The summed E-state index contributed by atoms with van der Waals surface area (Å²) >= 11 is 0. The molecule has 0 aromatic carbocycles. The molecule has 0 aliphatic heterocycles. The van der Waals surface area contributed by atoms with Crippen LogP contribution >= 0.6 is 0 Å². The summed E-state index contributed by atoms with van der Waals surface area (Å²) in [5.74, 6) is -0.183. The Labute approximate surface area is 165 Å². The van der Waals surface area contributed by atoms with E-state index in [0.29, 0.717) is 18.6 Å². The lowest BCUT2D eigenvalue weighted by Gasteiger charge is -2.13. The maximum Gasteiger partial charge on any atom is 0.309 e. The number of hydrogen-bond donors (Lipinski definition) is 2. The Morgan fingerprint density at radius 3 is 1.41 bits per heavy atom. The molecule has 0 aromatic heterocycles. The van der Waals surface area contributed by atoms with Crippen molar-refractivity contribution in [3.8, 4) is 0 Å². The van der Waals surface area contributed by atoms with Crippen LogP contribution in [0.15, 0.2) is 0 Å². The molecule has 2 aliphatic carbocycles. The number of aliphatic hydroxyl groups excluding tert-OH is 1. The largest absolute Gasteiger partial charge is 0.481 e. The minimum absolute atomic E-state index is 0.00878. The number of hydrogen-bond acceptors (Lipinski definition) is 3. The molecule has 4 heteroatoms. The highest BCUT2D eigenvalue weighted by Crippen LogP contribution is 2.51. The molecule has 2 aliphatic rings. The van der Waals surface area contributed by atoms with Crippen molar-refractivity contribution in [2.75, 3.05) is 6.61 Å². The molecule has 0 saturated heterocycles. The van der Waals surface area contributed by atoms with Crippen LogP contribution in [0, 0.1) is 10.8 Å². The van der Waals surface area contributed by atoms with E-state index in [1.54, 1.807) is 0 Å². The third kappa shape index (κ3) is 7.56. The summed E-state index contributed by atoms with van der Waals surface area (Å²) in [6, 6.07) is 0. The van der Waals surface area contributed by atoms with Crippen molar-refractivity contribution < 1.29 is 19.8 Å². The normalized spacial score (nSPS) is 19.0. The second-order valence-corrected chi connectivity index (χ2v) is 9.15. The first-order chi connectivity index (χ1) is 13.0. The van der Waals surface area contributed by atoms with Gasteiger partial charge >= 0.3 is 5.97 Å². The zero-order valence-corrected chi connectivity index (χ0v) is 17.1. The molecule has 0 heterocycles. The average Bonchev–Trinajstić information content (AvgIpc) is 3.56. The molecule has 2 rings (SSSR count). The Morgan fingerprint density at radius 2 is 1.04 bits per heavy atom. The molecule has 2 fully saturated rings. The van der Waals surface area contributed by atoms with Gasteiger partial charge in [0.2, 0.25) is 0 Å². The fraction of sp³-hybridized carbons (Fsp3) is 0.913. The number of carboxylic acids is 1. The lowest BCUT2D eigenvalue weighted by molar-refractivity contribution is -0.143. The molecule has 2 saturated carbocycles. The van der Waals surface area contributed by atoms with E-state index < -0.39 is 5.97 Å². The highest BCUT2D eigenvalue weighted by Gasteiger charge is 2.49. The van der Waals surface area contributed by atoms with E-state index in [1.807, 2.05) is 0 Å². The maximum absolute atomic E-state index is 12.2. The molecule has 0 unspecified atom stereocenters. The molecular weight excluding hydrogens is 340 g/mol. The van der Waals surface area contributed by atoms with Crippen LogP contribution in [0.3, 0.4) is 0 Å². The predicted octanol–water partition coefficient (Wildman–Crippen LogP) is 5.65. The van der Waals surface area contributed by atoms with Gasteiger partial charge in [0.25, 0.3) is 0 Å². The van der Waals surface area contributed by atoms with Crippen molar-refractivity contribution in [2.24, 2.45) is 10.8 Å². The van der Waals surface area contributed by atoms with Gasteiger partial charge in [0, 0.05) is 18.4 Å². The van der Waals surface area contributed by atoms with E-state index in [9.17, 15) is 9.59 Å². The monoisotopic (exact) mass is 380 g/mol. The Kier molecular flexibility index (Phi) is 9.28. The zero-order chi connectivity index (χ0) is 19.6. The topological polar surface area (TPSA) is 74.6 Å². The maximum atomic E-state index is 12.2. The first kappa shape index (κ1) is 22.4. The fourth-order valence-corrected chi connectivity index (χ4v) is 4.39. The van der Waals surface area contributed by atoms with Crippen LogP contribution in [0.2, 0.25) is 0 Å². The average molecular weight is 381 g/mol. The van der Waals surface area contributed by atoms with Crippen LogP contribution < -0.4 is 0 Å². The SMILES string of the molecule is O=C(O)C1(CCCCCCCCCCCCC2(C(=O)CCCO)CC2)CC1. The summed E-state index contributed by atoms with van der Waals surface area (Å²) in [6.45, 7) is 0.130. The minimum atomic E-state index is -0.579. The van der Waals surface area contributed by atoms with E-state index in [1.165, 1.54) is 57.8 Å². The fourth-order valence-electron chi connectivity index (χ4n) is 4.39. The van der Waals surface area contributed by atoms with Gasteiger partial charge in [-0.3, -0.25) is 9.59 Å². The van der Waals surface area contributed by atoms with Crippen LogP contribution in [0.4, 0.5) is 0 Å². The smallest absolute Gasteiger partial charge is 0.309 e. The van der Waals surface area contributed by atoms with E-state index in [4.69, 9.17) is 10.2 Å². The standard InChI is InChI=1S/C23H40O4/c24-19-11-12-20(25)22(15-16-22)13-9-7-5-3-1-2-4-6-8-10-14-23(17-18-23)21(26)27/h24H,1-19H2,(H,26,27). The summed E-state index contributed by atoms with van der Waals surface area (Å²) in [6.07, 6.45) is 19.4. The number of ketones is 1. The van der Waals surface area contributed by atoms with Crippen LogP contribution in [0.1, 0.15) is 116 Å². The molecule has 0 aromatic rings. The van der Waals surface area contributed by atoms with Crippen molar-refractivity contribution >= 4 is 11.8 Å². The first-order valence-electron chi connectivity index (χ1n) is 11.4. The van der Waals surface area contributed by atoms with Gasteiger partial charge in [-0.1, -0.05) is 64.2 Å². The summed E-state index contributed by atoms with van der Waals surface area (Å²) < 4.78 is 0. The highest BCUT2D eigenvalue weighted by molar-refractivity contribution is 5.87. The van der Waals surface area contributed by atoms with Gasteiger partial charge in [-0.25, -0.2) is 0 Å². The van der Waals surface area contributed by atoms with Gasteiger partial charge < -0.3 is 10.2 Å². The summed E-state index contributed by atoms with van der Waals surface area (Å²) in [4.78, 5) is 23.3. The van der Waals surface area contributed by atoms with Crippen LogP contribution in [-0.4, -0.2) is 28.6 Å². The third-order valence-corrected chi connectivity index (χ3v) is 6.87. The Bertz CT molecular complexity index is 463. The molecule has 0 radical (unpaired) electrons. The Balaban J connectivity index is 1.34. The van der Waals surface area contributed by atoms with Crippen LogP contribution in [-0.2, 0) is 9.59 Å². The number of rotatable bonds is 18. The van der Waals surface area contributed by atoms with Gasteiger partial charge in [0.1, 0.15) is 5.78 Å². The Hall–Kier alpha value is -0.900. The summed E-state index contributed by atoms with van der Waals surface area (Å²) in [7, 11) is 0. The van der Waals surface area contributed by atoms with Crippen molar-refractivity contribution in [3.05, 3.63) is 0 Å². The van der Waals surface area contributed by atoms with Gasteiger partial charge in [-0.15, -0.1) is 0 Å². The molecular formula is C23H40O4. The number of carboxylic acid groups (broad SMARTS) is 1. The second kappa shape index (κ2) is 11.2. The van der Waals surface area contributed by atoms with E-state index in [-0.39, 0.29) is 17.4 Å². The summed E-state index contributed by atoms with van der Waals surface area (Å²) in [5, 5.41) is 18.0. The lowest BCUT2D eigenvalue weighted by atomic mass is 9.91. The molecule has 2 N–H and O–H groups in total. The van der Waals surface area contributed by atoms with Gasteiger partial charge in [-0.2, -0.15) is 0 Å². The predicted molar refractivity (Wildman–Crippen MR) is 108 cm³/mol. The first-order valence-corrected chi connectivity index (χ1v) is 11.4. The molecule has 0 bridgehead atoms. The van der Waals surface area contributed by atoms with Crippen LogP contribution in [0.5, 0.6) is 0 Å².